The maximum atomic E-state index is 12.1. The quantitative estimate of drug-likeness (QED) is 0.893. The number of nitrogens with zero attached hydrogens (tertiary/aromatic N) is 2. The van der Waals surface area contributed by atoms with E-state index in [0.29, 0.717) is 12.1 Å². The molecule has 0 radical (unpaired) electrons. The lowest BCUT2D eigenvalue weighted by Crippen LogP contribution is -2.39. The average molecular weight is 274 g/mol. The molecule has 0 aliphatic heterocycles. The first kappa shape index (κ1) is 13.8. The van der Waals surface area contributed by atoms with E-state index in [2.05, 4.69) is 0 Å². The fourth-order valence-corrected chi connectivity index (χ4v) is 1.98. The average Bonchev–Trinajstić information content (AvgIpc) is 2.44. The van der Waals surface area contributed by atoms with Crippen molar-refractivity contribution in [3.63, 3.8) is 0 Å². The monoisotopic (exact) mass is 274 g/mol. The van der Waals surface area contributed by atoms with Gasteiger partial charge in [0.25, 0.3) is 5.56 Å². The summed E-state index contributed by atoms with van der Waals surface area (Å²) in [4.78, 5) is 35.0. The molecule has 1 aromatic heterocycles. The summed E-state index contributed by atoms with van der Waals surface area (Å²) in [6, 6.07) is 7.62. The minimum Gasteiger partial charge on any atom is -0.478 e. The summed E-state index contributed by atoms with van der Waals surface area (Å²) in [6.07, 6.45) is 1.43. The van der Waals surface area contributed by atoms with Crippen LogP contribution in [0, 0.1) is 0 Å². The van der Waals surface area contributed by atoms with E-state index in [1.165, 1.54) is 22.9 Å². The van der Waals surface area contributed by atoms with Gasteiger partial charge in [-0.2, -0.15) is 0 Å². The zero-order chi connectivity index (χ0) is 14.7. The van der Waals surface area contributed by atoms with Gasteiger partial charge in [-0.15, -0.1) is 0 Å². The number of carboxylic acid groups (broad SMARTS) is 1. The number of aryl methyl sites for hydroxylation is 1. The number of aromatic carboxylic acids is 1. The van der Waals surface area contributed by atoms with Crippen LogP contribution < -0.4 is 11.2 Å². The van der Waals surface area contributed by atoms with Crippen molar-refractivity contribution in [1.82, 2.24) is 9.13 Å². The van der Waals surface area contributed by atoms with Crippen LogP contribution in [0.2, 0.25) is 0 Å². The Kier molecular flexibility index (Phi) is 3.84. The van der Waals surface area contributed by atoms with Gasteiger partial charge in [-0.1, -0.05) is 18.2 Å². The zero-order valence-corrected chi connectivity index (χ0v) is 10.9. The summed E-state index contributed by atoms with van der Waals surface area (Å²) in [6.45, 7) is 2.18. The van der Waals surface area contributed by atoms with Gasteiger partial charge in [0.2, 0.25) is 0 Å². The van der Waals surface area contributed by atoms with Crippen molar-refractivity contribution in [3.05, 3.63) is 68.5 Å². The van der Waals surface area contributed by atoms with Crippen LogP contribution in [0.15, 0.2) is 46.1 Å². The fourth-order valence-electron chi connectivity index (χ4n) is 1.98. The van der Waals surface area contributed by atoms with E-state index in [-0.39, 0.29) is 12.1 Å². The van der Waals surface area contributed by atoms with Crippen LogP contribution in [0.25, 0.3) is 0 Å². The maximum absolute atomic E-state index is 12.1. The highest BCUT2D eigenvalue weighted by Crippen LogP contribution is 2.09. The van der Waals surface area contributed by atoms with Crippen LogP contribution in [0.4, 0.5) is 0 Å². The molecule has 0 aliphatic rings. The first-order valence-corrected chi connectivity index (χ1v) is 6.16. The molecule has 2 aromatic rings. The number of hydrogen-bond donors (Lipinski definition) is 1. The fraction of sp³-hybridized carbons (Fsp3) is 0.214. The molecule has 1 heterocycles. The van der Waals surface area contributed by atoms with E-state index in [1.54, 1.807) is 25.1 Å². The Morgan fingerprint density at radius 3 is 2.55 bits per heavy atom. The van der Waals surface area contributed by atoms with Crippen LogP contribution in [0.3, 0.4) is 0 Å². The zero-order valence-electron chi connectivity index (χ0n) is 10.9. The number of carboxylic acids is 1. The predicted octanol–water partition coefficient (Wildman–Crippen LogP) is 0.776. The van der Waals surface area contributed by atoms with Crippen molar-refractivity contribution in [1.29, 1.82) is 0 Å². The molecule has 6 heteroatoms. The first-order valence-electron chi connectivity index (χ1n) is 6.16. The van der Waals surface area contributed by atoms with E-state index in [0.717, 1.165) is 4.57 Å². The molecule has 2 rings (SSSR count). The van der Waals surface area contributed by atoms with Crippen LogP contribution in [-0.4, -0.2) is 20.2 Å². The third-order valence-electron chi connectivity index (χ3n) is 3.06. The van der Waals surface area contributed by atoms with Gasteiger partial charge in [0.1, 0.15) is 0 Å². The second-order valence-corrected chi connectivity index (χ2v) is 4.27. The summed E-state index contributed by atoms with van der Waals surface area (Å²) in [7, 11) is 0. The lowest BCUT2D eigenvalue weighted by Gasteiger charge is -2.10. The van der Waals surface area contributed by atoms with Gasteiger partial charge >= 0.3 is 11.7 Å². The molecule has 0 atom stereocenters. The highest BCUT2D eigenvalue weighted by molar-refractivity contribution is 5.89. The highest BCUT2D eigenvalue weighted by atomic mass is 16.4. The summed E-state index contributed by atoms with van der Waals surface area (Å²) in [5.74, 6) is -1.08. The van der Waals surface area contributed by atoms with Crippen molar-refractivity contribution in [2.24, 2.45) is 0 Å². The SMILES string of the molecule is CCn1ccc(=O)n(Cc2ccccc2C(=O)O)c1=O. The standard InChI is InChI=1S/C14H14N2O4/c1-2-15-8-7-12(17)16(14(15)20)9-10-5-3-4-6-11(10)13(18)19/h3-8H,2,9H2,1H3,(H,18,19). The molecule has 0 aliphatic carbocycles. The smallest absolute Gasteiger partial charge is 0.336 e. The van der Waals surface area contributed by atoms with E-state index < -0.39 is 17.2 Å². The van der Waals surface area contributed by atoms with Crippen LogP contribution in [-0.2, 0) is 13.1 Å². The van der Waals surface area contributed by atoms with E-state index in [4.69, 9.17) is 5.11 Å². The number of carbonyl (C=O) groups is 1. The number of aromatic nitrogens is 2. The Hall–Kier alpha value is -2.63. The lowest BCUT2D eigenvalue weighted by atomic mass is 10.1. The van der Waals surface area contributed by atoms with E-state index >= 15 is 0 Å². The van der Waals surface area contributed by atoms with Crippen LogP contribution in [0.1, 0.15) is 22.8 Å². The predicted molar refractivity (Wildman–Crippen MR) is 73.1 cm³/mol. The topological polar surface area (TPSA) is 81.3 Å². The molecular formula is C14H14N2O4. The molecule has 0 saturated heterocycles. The Balaban J connectivity index is 2.54. The Bertz CT molecular complexity index is 758. The van der Waals surface area contributed by atoms with Crippen molar-refractivity contribution in [3.8, 4) is 0 Å². The summed E-state index contributed by atoms with van der Waals surface area (Å²) in [5, 5.41) is 9.11. The number of rotatable bonds is 4. The molecule has 0 amide bonds. The largest absolute Gasteiger partial charge is 0.478 e. The molecule has 0 saturated carbocycles. The molecular weight excluding hydrogens is 260 g/mol. The first-order chi connectivity index (χ1) is 9.54. The van der Waals surface area contributed by atoms with Crippen LogP contribution in [0.5, 0.6) is 0 Å². The number of hydrogen-bond acceptors (Lipinski definition) is 3. The Labute approximate surface area is 114 Å². The van der Waals surface area contributed by atoms with Gasteiger partial charge < -0.3 is 9.67 Å². The third-order valence-corrected chi connectivity index (χ3v) is 3.06. The second-order valence-electron chi connectivity index (χ2n) is 4.27. The van der Waals surface area contributed by atoms with E-state index in [9.17, 15) is 14.4 Å². The summed E-state index contributed by atoms with van der Waals surface area (Å²) < 4.78 is 2.43. The minimum atomic E-state index is -1.08. The van der Waals surface area contributed by atoms with Gasteiger partial charge in [0, 0.05) is 18.8 Å². The molecule has 0 fully saturated rings. The molecule has 1 N–H and O–H groups in total. The van der Waals surface area contributed by atoms with Gasteiger partial charge in [-0.3, -0.25) is 9.36 Å². The molecule has 6 nitrogen and oxygen atoms in total. The van der Waals surface area contributed by atoms with Gasteiger partial charge in [-0.25, -0.2) is 9.59 Å². The summed E-state index contributed by atoms with van der Waals surface area (Å²) in [5.41, 5.74) is -0.376. The normalized spacial score (nSPS) is 10.4. The van der Waals surface area contributed by atoms with Crippen molar-refractivity contribution >= 4 is 5.97 Å². The van der Waals surface area contributed by atoms with Gasteiger partial charge in [-0.05, 0) is 18.6 Å². The second kappa shape index (κ2) is 5.56. The molecule has 0 unspecified atom stereocenters. The van der Waals surface area contributed by atoms with Crippen LogP contribution >= 0.6 is 0 Å². The maximum Gasteiger partial charge on any atom is 0.336 e. The van der Waals surface area contributed by atoms with Gasteiger partial charge in [0.15, 0.2) is 0 Å². The van der Waals surface area contributed by atoms with Gasteiger partial charge in [0.05, 0.1) is 12.1 Å². The van der Waals surface area contributed by atoms with E-state index in [1.807, 2.05) is 0 Å². The number of benzene rings is 1. The van der Waals surface area contributed by atoms with Crippen molar-refractivity contribution < 1.29 is 9.90 Å². The molecule has 104 valence electrons. The van der Waals surface area contributed by atoms with Crippen molar-refractivity contribution in [2.45, 2.75) is 20.0 Å². The molecule has 1 aromatic carbocycles. The Morgan fingerprint density at radius 2 is 1.90 bits per heavy atom. The summed E-state index contributed by atoms with van der Waals surface area (Å²) >= 11 is 0. The molecule has 0 spiro atoms. The highest BCUT2D eigenvalue weighted by Gasteiger charge is 2.12. The third kappa shape index (κ3) is 2.54. The van der Waals surface area contributed by atoms with Crippen molar-refractivity contribution in [2.75, 3.05) is 0 Å². The lowest BCUT2D eigenvalue weighted by molar-refractivity contribution is 0.0695. The molecule has 20 heavy (non-hydrogen) atoms. The Morgan fingerprint density at radius 1 is 1.20 bits per heavy atom. The molecule has 0 bridgehead atoms. The minimum absolute atomic E-state index is 0.0546.